The molecule has 10 heteroatoms. The summed E-state index contributed by atoms with van der Waals surface area (Å²) in [6.45, 7) is 0. The van der Waals surface area contributed by atoms with Crippen LogP contribution in [0.4, 0.5) is 11.4 Å². The van der Waals surface area contributed by atoms with Crippen LogP contribution in [0.2, 0.25) is 0 Å². The first-order valence-electron chi connectivity index (χ1n) is 5.30. The zero-order valence-corrected chi connectivity index (χ0v) is 11.0. The molecule has 0 aliphatic rings. The Morgan fingerprint density at radius 2 is 2.10 bits per heavy atom. The van der Waals surface area contributed by atoms with E-state index in [0.717, 1.165) is 16.8 Å². The maximum absolute atomic E-state index is 12.1. The van der Waals surface area contributed by atoms with Crippen molar-refractivity contribution in [1.82, 2.24) is 9.78 Å². The molecule has 0 aliphatic carbocycles. The lowest BCUT2D eigenvalue weighted by Crippen LogP contribution is -2.17. The highest BCUT2D eigenvalue weighted by Crippen LogP contribution is 2.34. The number of anilines is 1. The molecule has 0 atom stereocenters. The number of aryl methyl sites for hydroxylation is 1. The lowest BCUT2D eigenvalue weighted by atomic mass is 10.2. The van der Waals surface area contributed by atoms with Crippen LogP contribution >= 0.6 is 0 Å². The molecule has 2 aromatic rings. The van der Waals surface area contributed by atoms with Gasteiger partial charge in [0.05, 0.1) is 11.1 Å². The third-order valence-corrected chi connectivity index (χ3v) is 3.93. The molecule has 0 saturated heterocycles. The fraction of sp³-hybridized carbons (Fsp3) is 0.100. The normalized spacial score (nSPS) is 11.2. The van der Waals surface area contributed by atoms with Crippen LogP contribution in [0.5, 0.6) is 5.75 Å². The molecular weight excluding hydrogens is 288 g/mol. The van der Waals surface area contributed by atoms with Crippen LogP contribution in [-0.2, 0) is 17.1 Å². The van der Waals surface area contributed by atoms with Gasteiger partial charge >= 0.3 is 0 Å². The summed E-state index contributed by atoms with van der Waals surface area (Å²) in [6.07, 6.45) is 1.27. The Balaban J connectivity index is 2.50. The number of nitro groups is 1. The quantitative estimate of drug-likeness (QED) is 0.489. The van der Waals surface area contributed by atoms with E-state index < -0.39 is 32.1 Å². The van der Waals surface area contributed by atoms with E-state index in [1.165, 1.54) is 25.4 Å². The largest absolute Gasteiger partial charge is 0.505 e. The number of nitro benzene ring substituents is 1. The number of rotatable bonds is 4. The van der Waals surface area contributed by atoms with Crippen molar-refractivity contribution in [2.75, 3.05) is 4.72 Å². The predicted molar refractivity (Wildman–Crippen MR) is 68.8 cm³/mol. The standard InChI is InChI=1S/C10H10N4O5S/c1-13-9(5-6-11-13)20(18,19)12-10-7(14(16)17)3-2-4-8(10)15/h2-6,12,15H,1H3. The second-order valence-corrected chi connectivity index (χ2v) is 5.46. The summed E-state index contributed by atoms with van der Waals surface area (Å²) in [4.78, 5) is 10.1. The first-order valence-corrected chi connectivity index (χ1v) is 6.78. The lowest BCUT2D eigenvalue weighted by Gasteiger charge is -2.09. The van der Waals surface area contributed by atoms with Crippen LogP contribution in [0.15, 0.2) is 35.5 Å². The molecule has 0 aliphatic heterocycles. The molecule has 2 rings (SSSR count). The minimum atomic E-state index is -4.09. The van der Waals surface area contributed by atoms with Gasteiger partial charge in [-0.2, -0.15) is 13.5 Å². The number of aromatic hydroxyl groups is 1. The van der Waals surface area contributed by atoms with Crippen LogP contribution in [-0.4, -0.2) is 28.2 Å². The molecule has 1 aromatic heterocycles. The maximum atomic E-state index is 12.1. The molecule has 2 N–H and O–H groups in total. The number of sulfonamides is 1. The van der Waals surface area contributed by atoms with E-state index in [1.807, 2.05) is 4.72 Å². The first kappa shape index (κ1) is 13.8. The number of phenolic OH excluding ortho intramolecular Hbond substituents is 1. The molecule has 1 aromatic carbocycles. The van der Waals surface area contributed by atoms with Crippen molar-refractivity contribution in [2.45, 2.75) is 5.03 Å². The van der Waals surface area contributed by atoms with E-state index in [4.69, 9.17) is 0 Å². The fourth-order valence-corrected chi connectivity index (χ4v) is 2.81. The van der Waals surface area contributed by atoms with Crippen LogP contribution in [0.25, 0.3) is 0 Å². The Labute approximate surface area is 113 Å². The molecule has 0 unspecified atom stereocenters. The van der Waals surface area contributed by atoms with Crippen molar-refractivity contribution < 1.29 is 18.4 Å². The highest BCUT2D eigenvalue weighted by atomic mass is 32.2. The fourth-order valence-electron chi connectivity index (χ4n) is 1.60. The maximum Gasteiger partial charge on any atom is 0.297 e. The summed E-state index contributed by atoms with van der Waals surface area (Å²) in [6, 6.07) is 4.71. The smallest absolute Gasteiger partial charge is 0.297 e. The van der Waals surface area contributed by atoms with Crippen molar-refractivity contribution in [3.8, 4) is 5.75 Å². The molecule has 1 heterocycles. The van der Waals surface area contributed by atoms with Gasteiger partial charge < -0.3 is 5.11 Å². The molecule has 9 nitrogen and oxygen atoms in total. The molecular formula is C10H10N4O5S. The molecule has 0 saturated carbocycles. The van der Waals surface area contributed by atoms with Crippen LogP contribution < -0.4 is 4.72 Å². The summed E-state index contributed by atoms with van der Waals surface area (Å²) >= 11 is 0. The Kier molecular flexibility index (Phi) is 3.32. The number of nitrogens with zero attached hydrogens (tertiary/aromatic N) is 3. The number of phenols is 1. The van der Waals surface area contributed by atoms with E-state index in [9.17, 15) is 23.6 Å². The molecule has 0 fully saturated rings. The van der Waals surface area contributed by atoms with Gasteiger partial charge in [0.15, 0.2) is 10.7 Å². The third kappa shape index (κ3) is 2.40. The van der Waals surface area contributed by atoms with Gasteiger partial charge in [-0.25, -0.2) is 0 Å². The van der Waals surface area contributed by atoms with Crippen LogP contribution in [0.3, 0.4) is 0 Å². The Morgan fingerprint density at radius 1 is 1.40 bits per heavy atom. The molecule has 0 amide bonds. The molecule has 0 spiro atoms. The predicted octanol–water partition coefficient (Wildman–Crippen LogP) is 0.835. The highest BCUT2D eigenvalue weighted by Gasteiger charge is 2.25. The summed E-state index contributed by atoms with van der Waals surface area (Å²) in [5.74, 6) is -0.537. The third-order valence-electron chi connectivity index (χ3n) is 2.50. The van der Waals surface area contributed by atoms with E-state index in [0.29, 0.717) is 0 Å². The van der Waals surface area contributed by atoms with E-state index in [1.54, 1.807) is 0 Å². The summed E-state index contributed by atoms with van der Waals surface area (Å²) < 4.78 is 27.3. The number of nitrogens with one attached hydrogen (secondary N) is 1. The summed E-state index contributed by atoms with van der Waals surface area (Å²) in [5.41, 5.74) is -1.03. The van der Waals surface area contributed by atoms with Gasteiger partial charge in [-0.3, -0.25) is 19.5 Å². The monoisotopic (exact) mass is 298 g/mol. The van der Waals surface area contributed by atoms with Crippen molar-refractivity contribution in [3.63, 3.8) is 0 Å². The van der Waals surface area contributed by atoms with Crippen molar-refractivity contribution in [3.05, 3.63) is 40.6 Å². The zero-order chi connectivity index (χ0) is 14.9. The van der Waals surface area contributed by atoms with Gasteiger partial charge in [0.2, 0.25) is 0 Å². The molecule has 106 valence electrons. The van der Waals surface area contributed by atoms with Gasteiger partial charge in [0, 0.05) is 13.1 Å². The topological polar surface area (TPSA) is 127 Å². The average Bonchev–Trinajstić information content (AvgIpc) is 2.78. The van der Waals surface area contributed by atoms with Crippen molar-refractivity contribution in [2.24, 2.45) is 7.05 Å². The average molecular weight is 298 g/mol. The zero-order valence-electron chi connectivity index (χ0n) is 10.2. The number of aromatic nitrogens is 2. The molecule has 0 bridgehead atoms. The Bertz CT molecular complexity index is 768. The summed E-state index contributed by atoms with van der Waals surface area (Å²) in [7, 11) is -2.68. The van der Waals surface area contributed by atoms with Gasteiger partial charge in [0.1, 0.15) is 5.75 Å². The molecule has 20 heavy (non-hydrogen) atoms. The highest BCUT2D eigenvalue weighted by molar-refractivity contribution is 7.92. The van der Waals surface area contributed by atoms with Gasteiger partial charge in [-0.1, -0.05) is 6.07 Å². The SMILES string of the molecule is Cn1nccc1S(=O)(=O)Nc1c(O)cccc1[N+](=O)[O-]. The van der Waals surface area contributed by atoms with Gasteiger partial charge in [0.25, 0.3) is 15.7 Å². The molecule has 0 radical (unpaired) electrons. The van der Waals surface area contributed by atoms with Gasteiger partial charge in [-0.15, -0.1) is 0 Å². The number of hydrogen-bond acceptors (Lipinski definition) is 6. The van der Waals surface area contributed by atoms with E-state index in [-0.39, 0.29) is 5.03 Å². The van der Waals surface area contributed by atoms with E-state index >= 15 is 0 Å². The minimum absolute atomic E-state index is 0.185. The van der Waals surface area contributed by atoms with Crippen molar-refractivity contribution in [1.29, 1.82) is 0 Å². The second kappa shape index (κ2) is 4.81. The van der Waals surface area contributed by atoms with Gasteiger partial charge in [-0.05, 0) is 12.1 Å². The Morgan fingerprint density at radius 3 is 2.65 bits per heavy atom. The second-order valence-electron chi connectivity index (χ2n) is 3.83. The van der Waals surface area contributed by atoms with Crippen LogP contribution in [0, 0.1) is 10.1 Å². The number of para-hydroxylation sites is 1. The number of hydrogen-bond donors (Lipinski definition) is 2. The minimum Gasteiger partial charge on any atom is -0.505 e. The number of benzene rings is 1. The summed E-state index contributed by atoms with van der Waals surface area (Å²) in [5, 5.41) is 24.0. The lowest BCUT2D eigenvalue weighted by molar-refractivity contribution is -0.383. The first-order chi connectivity index (χ1) is 9.33. The van der Waals surface area contributed by atoms with E-state index in [2.05, 4.69) is 5.10 Å². The van der Waals surface area contributed by atoms with Crippen LogP contribution in [0.1, 0.15) is 0 Å². The Hall–Kier alpha value is -2.62. The van der Waals surface area contributed by atoms with Crippen molar-refractivity contribution >= 4 is 21.4 Å².